The Morgan fingerprint density at radius 3 is 2.60 bits per heavy atom. The van der Waals surface area contributed by atoms with Crippen LogP contribution in [-0.2, 0) is 19.1 Å². The lowest BCUT2D eigenvalue weighted by Gasteiger charge is -2.27. The summed E-state index contributed by atoms with van der Waals surface area (Å²) < 4.78 is 18.6. The van der Waals surface area contributed by atoms with Gasteiger partial charge >= 0.3 is 5.97 Å². The third-order valence-electron chi connectivity index (χ3n) is 6.52. The van der Waals surface area contributed by atoms with E-state index in [1.807, 2.05) is 0 Å². The van der Waals surface area contributed by atoms with E-state index in [-0.39, 0.29) is 23.0 Å². The molecular formula is C24H28ClFN4O5. The van der Waals surface area contributed by atoms with E-state index in [9.17, 15) is 23.6 Å². The maximum Gasteiger partial charge on any atom is 0.328 e. The summed E-state index contributed by atoms with van der Waals surface area (Å²) in [4.78, 5) is 53.6. The molecule has 1 aliphatic carbocycles. The van der Waals surface area contributed by atoms with E-state index in [2.05, 4.69) is 20.9 Å². The fourth-order valence-electron chi connectivity index (χ4n) is 4.38. The molecule has 0 spiro atoms. The van der Waals surface area contributed by atoms with Crippen molar-refractivity contribution in [1.29, 1.82) is 0 Å². The molecular weight excluding hydrogens is 479 g/mol. The predicted octanol–water partition coefficient (Wildman–Crippen LogP) is 2.43. The van der Waals surface area contributed by atoms with Crippen LogP contribution in [0.25, 0.3) is 10.9 Å². The van der Waals surface area contributed by atoms with Crippen molar-refractivity contribution < 1.29 is 28.3 Å². The Morgan fingerprint density at radius 2 is 1.91 bits per heavy atom. The number of aromatic amines is 1. The molecule has 35 heavy (non-hydrogen) atoms. The normalized spacial score (nSPS) is 19.5. The third kappa shape index (κ3) is 6.11. The highest BCUT2D eigenvalue weighted by atomic mass is 35.5. The summed E-state index contributed by atoms with van der Waals surface area (Å²) in [6.07, 6.45) is 3.83. The third-order valence-corrected chi connectivity index (χ3v) is 6.81. The average molecular weight is 507 g/mol. The number of amides is 3. The highest BCUT2D eigenvalue weighted by molar-refractivity contribution is 6.31. The molecule has 0 bridgehead atoms. The van der Waals surface area contributed by atoms with Gasteiger partial charge in [0.1, 0.15) is 23.6 Å². The topological polar surface area (TPSA) is 129 Å². The van der Waals surface area contributed by atoms with E-state index in [4.69, 9.17) is 16.3 Å². The Labute approximate surface area is 206 Å². The number of nitrogens with one attached hydrogen (secondary N) is 4. The summed E-state index contributed by atoms with van der Waals surface area (Å²) in [5.41, 5.74) is 0.639. The molecule has 1 saturated carbocycles. The summed E-state index contributed by atoms with van der Waals surface area (Å²) in [6, 6.07) is 2.18. The lowest BCUT2D eigenvalue weighted by Crippen LogP contribution is -2.53. The number of halogens is 2. The van der Waals surface area contributed by atoms with Crippen LogP contribution in [0.2, 0.25) is 5.02 Å². The second-order valence-corrected chi connectivity index (χ2v) is 9.60. The smallest absolute Gasteiger partial charge is 0.328 e. The Hall–Kier alpha value is -3.14. The molecule has 1 aromatic carbocycles. The van der Waals surface area contributed by atoms with E-state index in [0.717, 1.165) is 19.3 Å². The number of H-pyrrole nitrogens is 1. The number of piperidine rings is 1. The molecule has 1 aliphatic heterocycles. The maximum absolute atomic E-state index is 13.8. The molecule has 1 saturated heterocycles. The number of hydrogen-bond donors (Lipinski definition) is 4. The first-order valence-corrected chi connectivity index (χ1v) is 12.1. The van der Waals surface area contributed by atoms with Gasteiger partial charge in [-0.15, -0.1) is 0 Å². The number of esters is 1. The molecule has 4 N–H and O–H groups in total. The van der Waals surface area contributed by atoms with Gasteiger partial charge in [0.15, 0.2) is 0 Å². The minimum Gasteiger partial charge on any atom is -0.467 e. The van der Waals surface area contributed by atoms with Crippen LogP contribution in [0.3, 0.4) is 0 Å². The number of rotatable bonds is 9. The van der Waals surface area contributed by atoms with E-state index in [1.165, 1.54) is 25.3 Å². The summed E-state index contributed by atoms with van der Waals surface area (Å²) in [5, 5.41) is 8.58. The molecule has 11 heteroatoms. The van der Waals surface area contributed by atoms with Crippen molar-refractivity contribution in [3.8, 4) is 0 Å². The number of aromatic nitrogens is 1. The molecule has 2 fully saturated rings. The van der Waals surface area contributed by atoms with Crippen molar-refractivity contribution in [2.45, 2.75) is 50.6 Å². The van der Waals surface area contributed by atoms with E-state index >= 15 is 0 Å². The number of carbonyl (C=O) groups excluding carboxylic acids is 4. The molecule has 0 unspecified atom stereocenters. The number of fused-ring (bicyclic) bond motifs is 1. The summed E-state index contributed by atoms with van der Waals surface area (Å²) in [5.74, 6) is -2.59. The summed E-state index contributed by atoms with van der Waals surface area (Å²) in [6.45, 7) is 0.590. The standard InChI is InChI=1S/C24H28ClFN4O5/c1-35-24(34)20(9-13-3-2-6-27-21(13)31)30-22(32)18(7-12-4-5-12)29-23(33)19-10-14-8-16(26)15(25)11-17(14)28-19/h8,10-13,18,20,28H,2-7,9H2,1H3,(H,27,31)(H,29,33)(H,30,32)/t13-,18-,20-/m0/s1. The Morgan fingerprint density at radius 1 is 1.14 bits per heavy atom. The maximum atomic E-state index is 13.8. The minimum absolute atomic E-state index is 0.0715. The fourth-order valence-corrected chi connectivity index (χ4v) is 4.54. The van der Waals surface area contributed by atoms with E-state index < -0.39 is 41.6 Å². The Balaban J connectivity index is 1.47. The van der Waals surface area contributed by atoms with Gasteiger partial charge in [-0.25, -0.2) is 9.18 Å². The van der Waals surface area contributed by atoms with Crippen LogP contribution in [0.1, 0.15) is 49.0 Å². The first-order chi connectivity index (χ1) is 16.7. The van der Waals surface area contributed by atoms with Crippen LogP contribution in [0.15, 0.2) is 18.2 Å². The largest absolute Gasteiger partial charge is 0.467 e. The molecule has 0 radical (unpaired) electrons. The van der Waals surface area contributed by atoms with Gasteiger partial charge in [0.2, 0.25) is 11.8 Å². The number of methoxy groups -OCH3 is 1. The zero-order valence-corrected chi connectivity index (χ0v) is 20.0. The number of ether oxygens (including phenoxy) is 1. The van der Waals surface area contributed by atoms with Crippen LogP contribution in [-0.4, -0.2) is 54.4 Å². The predicted molar refractivity (Wildman–Crippen MR) is 126 cm³/mol. The van der Waals surface area contributed by atoms with Crippen molar-refractivity contribution in [2.24, 2.45) is 11.8 Å². The van der Waals surface area contributed by atoms with Crippen molar-refractivity contribution in [3.63, 3.8) is 0 Å². The van der Waals surface area contributed by atoms with Crippen molar-refractivity contribution in [3.05, 3.63) is 34.7 Å². The monoisotopic (exact) mass is 506 g/mol. The SMILES string of the molecule is COC(=O)[C@H](C[C@@H]1CCCNC1=O)NC(=O)[C@H](CC1CC1)NC(=O)c1cc2cc(F)c(Cl)cc2[nH]1. The van der Waals surface area contributed by atoms with Gasteiger partial charge in [0.25, 0.3) is 5.91 Å². The minimum atomic E-state index is -1.02. The van der Waals surface area contributed by atoms with Crippen molar-refractivity contribution >= 4 is 46.2 Å². The van der Waals surface area contributed by atoms with Gasteiger partial charge < -0.3 is 25.7 Å². The molecule has 3 atom stereocenters. The average Bonchev–Trinajstić information content (AvgIpc) is 3.56. The summed E-state index contributed by atoms with van der Waals surface area (Å²) >= 11 is 5.82. The molecule has 9 nitrogen and oxygen atoms in total. The van der Waals surface area contributed by atoms with E-state index in [1.54, 1.807) is 0 Å². The number of carbonyl (C=O) groups is 4. The molecule has 1 aromatic heterocycles. The molecule has 4 rings (SSSR count). The van der Waals surface area contributed by atoms with Gasteiger partial charge in [0, 0.05) is 23.4 Å². The van der Waals surface area contributed by atoms with Crippen molar-refractivity contribution in [2.75, 3.05) is 13.7 Å². The van der Waals surface area contributed by atoms with Crippen LogP contribution in [0.5, 0.6) is 0 Å². The fraction of sp³-hybridized carbons (Fsp3) is 0.500. The quantitative estimate of drug-likeness (QED) is 0.388. The van der Waals surface area contributed by atoms with Crippen LogP contribution < -0.4 is 16.0 Å². The zero-order chi connectivity index (χ0) is 25.1. The molecule has 188 valence electrons. The Kier molecular flexibility index (Phi) is 7.59. The van der Waals surface area contributed by atoms with Crippen LogP contribution >= 0.6 is 11.6 Å². The van der Waals surface area contributed by atoms with Crippen LogP contribution in [0, 0.1) is 17.7 Å². The van der Waals surface area contributed by atoms with Gasteiger partial charge in [0.05, 0.1) is 12.1 Å². The first kappa shape index (κ1) is 25.0. The lowest BCUT2D eigenvalue weighted by atomic mass is 9.91. The van der Waals surface area contributed by atoms with Gasteiger partial charge in [-0.3, -0.25) is 14.4 Å². The lowest BCUT2D eigenvalue weighted by molar-refractivity contribution is -0.146. The summed E-state index contributed by atoms with van der Waals surface area (Å²) in [7, 11) is 1.22. The second kappa shape index (κ2) is 10.6. The molecule has 3 amide bonds. The first-order valence-electron chi connectivity index (χ1n) is 11.7. The van der Waals surface area contributed by atoms with Gasteiger partial charge in [-0.1, -0.05) is 24.4 Å². The number of benzene rings is 1. The Bertz CT molecular complexity index is 1110. The highest BCUT2D eigenvalue weighted by Gasteiger charge is 2.35. The zero-order valence-electron chi connectivity index (χ0n) is 19.3. The number of hydrogen-bond acceptors (Lipinski definition) is 5. The van der Waals surface area contributed by atoms with Gasteiger partial charge in [-0.2, -0.15) is 0 Å². The van der Waals surface area contributed by atoms with E-state index in [0.29, 0.717) is 36.2 Å². The highest BCUT2D eigenvalue weighted by Crippen LogP contribution is 2.34. The molecule has 2 heterocycles. The molecule has 2 aromatic rings. The van der Waals surface area contributed by atoms with Gasteiger partial charge in [-0.05, 0) is 49.8 Å². The van der Waals surface area contributed by atoms with Crippen LogP contribution in [0.4, 0.5) is 4.39 Å². The van der Waals surface area contributed by atoms with Crippen molar-refractivity contribution in [1.82, 2.24) is 20.9 Å². The molecule has 2 aliphatic rings. The second-order valence-electron chi connectivity index (χ2n) is 9.19.